The van der Waals surface area contributed by atoms with Crippen molar-refractivity contribution in [2.75, 3.05) is 4.90 Å². The molecule has 0 unspecified atom stereocenters. The van der Waals surface area contributed by atoms with Crippen LogP contribution in [0.2, 0.25) is 0 Å². The molecule has 0 radical (unpaired) electrons. The maximum atomic E-state index is 7.19. The zero-order valence-electron chi connectivity index (χ0n) is 35.8. The van der Waals surface area contributed by atoms with Gasteiger partial charge in [0.2, 0.25) is 0 Å². The molecule has 0 amide bonds. The molecule has 2 nitrogen and oxygen atoms in total. The van der Waals surface area contributed by atoms with Crippen molar-refractivity contribution in [3.63, 3.8) is 0 Å². The summed E-state index contributed by atoms with van der Waals surface area (Å²) in [5.74, 6) is 0. The Morgan fingerprint density at radius 3 is 1.61 bits per heavy atom. The molecule has 14 rings (SSSR count). The van der Waals surface area contributed by atoms with E-state index in [1.807, 2.05) is 0 Å². The van der Waals surface area contributed by atoms with E-state index in [1.54, 1.807) is 0 Å². The van der Waals surface area contributed by atoms with Gasteiger partial charge in [0.05, 0.1) is 11.1 Å². The van der Waals surface area contributed by atoms with Crippen LogP contribution < -0.4 is 4.90 Å². The Morgan fingerprint density at radius 2 is 0.984 bits per heavy atom. The Hall–Kier alpha value is -7.68. The number of benzene rings is 9. The third-order valence-corrected chi connectivity index (χ3v) is 15.1. The lowest BCUT2D eigenvalue weighted by atomic mass is 9.70. The van der Waals surface area contributed by atoms with Crippen molar-refractivity contribution in [3.05, 3.63) is 239 Å². The Balaban J connectivity index is 1.09. The van der Waals surface area contributed by atoms with Crippen LogP contribution in [0.3, 0.4) is 0 Å². The summed E-state index contributed by atoms with van der Waals surface area (Å²) in [6, 6.07) is 68.5. The molecule has 302 valence electrons. The molecule has 4 aliphatic carbocycles. The van der Waals surface area contributed by atoms with E-state index in [4.69, 9.17) is 4.42 Å². The van der Waals surface area contributed by atoms with Gasteiger partial charge in [0.15, 0.2) is 5.58 Å². The molecule has 0 saturated heterocycles. The van der Waals surface area contributed by atoms with E-state index in [0.29, 0.717) is 0 Å². The normalized spacial score (nSPS) is 15.5. The van der Waals surface area contributed by atoms with Gasteiger partial charge in [-0.25, -0.2) is 0 Å². The van der Waals surface area contributed by atoms with Crippen molar-refractivity contribution < 1.29 is 4.42 Å². The van der Waals surface area contributed by atoms with Crippen molar-refractivity contribution in [3.8, 4) is 33.4 Å². The van der Waals surface area contributed by atoms with E-state index in [0.717, 1.165) is 51.8 Å². The third kappa shape index (κ3) is 4.70. The molecule has 0 N–H and O–H groups in total. The lowest BCUT2D eigenvalue weighted by Gasteiger charge is -2.32. The summed E-state index contributed by atoms with van der Waals surface area (Å²) < 4.78 is 7.19. The van der Waals surface area contributed by atoms with E-state index >= 15 is 0 Å². The highest BCUT2D eigenvalue weighted by molar-refractivity contribution is 6.15. The molecule has 0 aliphatic heterocycles. The second-order valence-electron chi connectivity index (χ2n) is 18.7. The highest BCUT2D eigenvalue weighted by Gasteiger charge is 2.51. The van der Waals surface area contributed by atoms with Crippen molar-refractivity contribution >= 4 is 55.3 Å². The smallest absolute Gasteiger partial charge is 0.159 e. The Labute approximate surface area is 373 Å². The molecule has 0 atom stereocenters. The summed E-state index contributed by atoms with van der Waals surface area (Å²) in [6.45, 7) is 4.75. The van der Waals surface area contributed by atoms with Crippen LogP contribution in [0.25, 0.3) is 71.7 Å². The highest BCUT2D eigenvalue weighted by Crippen LogP contribution is 2.63. The minimum Gasteiger partial charge on any atom is -0.454 e. The maximum Gasteiger partial charge on any atom is 0.159 e. The van der Waals surface area contributed by atoms with Crippen LogP contribution in [0.5, 0.6) is 0 Å². The molecule has 2 heteroatoms. The summed E-state index contributed by atoms with van der Waals surface area (Å²) in [5, 5.41) is 4.63. The number of allylic oxidation sites excluding steroid dienone is 4. The molecule has 1 heterocycles. The van der Waals surface area contributed by atoms with Crippen LogP contribution in [0.4, 0.5) is 17.1 Å². The quantitative estimate of drug-likeness (QED) is 0.176. The minimum absolute atomic E-state index is 0.178. The molecule has 0 saturated carbocycles. The molecule has 10 aromatic rings. The zero-order chi connectivity index (χ0) is 42.3. The fraction of sp³-hybridized carbons (Fsp3) is 0.0968. The number of anilines is 3. The lowest BCUT2D eigenvalue weighted by molar-refractivity contribution is 0.660. The third-order valence-electron chi connectivity index (χ3n) is 15.1. The van der Waals surface area contributed by atoms with Gasteiger partial charge in [-0.3, -0.25) is 0 Å². The zero-order valence-corrected chi connectivity index (χ0v) is 35.8. The van der Waals surface area contributed by atoms with Gasteiger partial charge in [0.1, 0.15) is 5.58 Å². The summed E-state index contributed by atoms with van der Waals surface area (Å²) in [6.07, 6.45) is 9.10. The second kappa shape index (κ2) is 12.9. The van der Waals surface area contributed by atoms with Crippen molar-refractivity contribution in [2.24, 2.45) is 0 Å². The number of hydrogen-bond donors (Lipinski definition) is 0. The van der Waals surface area contributed by atoms with Crippen LogP contribution in [0.15, 0.2) is 205 Å². The molecule has 4 aliphatic rings. The number of furan rings is 1. The van der Waals surface area contributed by atoms with E-state index in [-0.39, 0.29) is 5.41 Å². The van der Waals surface area contributed by atoms with Crippen LogP contribution in [0, 0.1) is 0 Å². The SMILES string of the molecule is CC1(C)c2ccccc2-c2ccc(N(c3ccc4c(c3)C3(c5ccccc5-c5ccccc53)c3ccccc3-4)c3cc(C4=CCCC=C4)cc4c3oc3cc5ccccc5cc34)cc21. The van der Waals surface area contributed by atoms with E-state index in [9.17, 15) is 0 Å². The average molecular weight is 818 g/mol. The molecule has 0 fully saturated rings. The molecule has 64 heavy (non-hydrogen) atoms. The fourth-order valence-electron chi connectivity index (χ4n) is 12.2. The molecular formula is C62H43NO. The van der Waals surface area contributed by atoms with Gasteiger partial charge in [-0.1, -0.05) is 166 Å². The van der Waals surface area contributed by atoms with Gasteiger partial charge in [-0.2, -0.15) is 0 Å². The van der Waals surface area contributed by atoms with Crippen LogP contribution in [-0.4, -0.2) is 0 Å². The van der Waals surface area contributed by atoms with E-state index < -0.39 is 5.41 Å². The van der Waals surface area contributed by atoms with Crippen LogP contribution >= 0.6 is 0 Å². The summed E-state index contributed by atoms with van der Waals surface area (Å²) in [4.78, 5) is 2.50. The predicted molar refractivity (Wildman–Crippen MR) is 266 cm³/mol. The van der Waals surface area contributed by atoms with Crippen LogP contribution in [-0.2, 0) is 10.8 Å². The van der Waals surface area contributed by atoms with Gasteiger partial charge in [0, 0.05) is 27.6 Å². The highest BCUT2D eigenvalue weighted by atomic mass is 16.3. The van der Waals surface area contributed by atoms with Crippen molar-refractivity contribution in [1.82, 2.24) is 0 Å². The average Bonchev–Trinajstić information content (AvgIpc) is 4.03. The van der Waals surface area contributed by atoms with E-state index in [2.05, 4.69) is 219 Å². The first-order chi connectivity index (χ1) is 31.5. The number of fused-ring (bicyclic) bond motifs is 17. The maximum absolute atomic E-state index is 7.19. The lowest BCUT2D eigenvalue weighted by Crippen LogP contribution is -2.26. The van der Waals surface area contributed by atoms with Crippen molar-refractivity contribution in [2.45, 2.75) is 37.5 Å². The van der Waals surface area contributed by atoms with Gasteiger partial charge in [0.25, 0.3) is 0 Å². The van der Waals surface area contributed by atoms with Gasteiger partial charge >= 0.3 is 0 Å². The molecule has 9 aromatic carbocycles. The van der Waals surface area contributed by atoms with E-state index in [1.165, 1.54) is 88.7 Å². The molecule has 0 bridgehead atoms. The molecular weight excluding hydrogens is 775 g/mol. The number of hydrogen-bond acceptors (Lipinski definition) is 2. The first kappa shape index (κ1) is 35.9. The van der Waals surface area contributed by atoms with Crippen molar-refractivity contribution in [1.29, 1.82) is 0 Å². The number of nitrogens with zero attached hydrogens (tertiary/aromatic N) is 1. The predicted octanol–water partition coefficient (Wildman–Crippen LogP) is 16.6. The molecule has 1 spiro atoms. The van der Waals surface area contributed by atoms with Crippen LogP contribution in [0.1, 0.15) is 65.6 Å². The minimum atomic E-state index is -0.475. The Kier molecular flexibility index (Phi) is 7.25. The standard InChI is InChI=1S/C62H43NO/c1-61(2)52-24-12-8-20-44(52)48-30-28-42(36-56(48)61)63(58-34-41(38-16-4-3-5-17-38)33-51-50-32-39-18-6-7-19-40(39)35-59(50)64-60(51)58)43-29-31-49-47-23-11-15-27-55(47)62(57(49)37-43)53-25-13-9-21-45(53)46-22-10-14-26-54(46)62/h4,6-37H,3,5H2,1-2H3. The fourth-order valence-corrected chi connectivity index (χ4v) is 12.2. The van der Waals surface area contributed by atoms with Gasteiger partial charge in [-0.05, 0) is 150 Å². The van der Waals surface area contributed by atoms with Gasteiger partial charge < -0.3 is 9.32 Å². The topological polar surface area (TPSA) is 16.4 Å². The first-order valence-corrected chi connectivity index (χ1v) is 22.7. The first-order valence-electron chi connectivity index (χ1n) is 22.7. The Bertz CT molecular complexity index is 3660. The largest absolute Gasteiger partial charge is 0.454 e. The summed E-state index contributed by atoms with van der Waals surface area (Å²) in [7, 11) is 0. The molecule has 1 aromatic heterocycles. The Morgan fingerprint density at radius 1 is 0.453 bits per heavy atom. The monoisotopic (exact) mass is 817 g/mol. The number of rotatable bonds is 4. The summed E-state index contributed by atoms with van der Waals surface area (Å²) in [5.41, 5.74) is 22.6. The second-order valence-corrected chi connectivity index (χ2v) is 18.7. The van der Waals surface area contributed by atoms with Gasteiger partial charge in [-0.15, -0.1) is 0 Å². The summed E-state index contributed by atoms with van der Waals surface area (Å²) >= 11 is 0.